The SMILES string of the molecule is O=C(CSc1nnc(-c2ccncc2)n1C1CC1)Nc1ccc(Br)cc1F. The molecule has 3 aromatic rings. The molecule has 1 saturated carbocycles. The molecule has 0 bridgehead atoms. The lowest BCUT2D eigenvalue weighted by molar-refractivity contribution is -0.113. The lowest BCUT2D eigenvalue weighted by Crippen LogP contribution is -2.15. The van der Waals surface area contributed by atoms with Gasteiger partial charge >= 0.3 is 0 Å². The van der Waals surface area contributed by atoms with Crippen molar-refractivity contribution in [2.45, 2.75) is 24.0 Å². The molecule has 0 atom stereocenters. The van der Waals surface area contributed by atoms with Gasteiger partial charge in [0.1, 0.15) is 5.82 Å². The van der Waals surface area contributed by atoms with E-state index in [2.05, 4.69) is 41.0 Å². The number of thioether (sulfide) groups is 1. The Labute approximate surface area is 167 Å². The molecule has 4 rings (SSSR count). The maximum atomic E-state index is 13.9. The first-order valence-electron chi connectivity index (χ1n) is 8.35. The number of anilines is 1. The van der Waals surface area contributed by atoms with E-state index in [0.29, 0.717) is 15.7 Å². The predicted octanol–water partition coefficient (Wildman–Crippen LogP) is 4.31. The lowest BCUT2D eigenvalue weighted by atomic mass is 10.2. The fraction of sp³-hybridized carbons (Fsp3) is 0.222. The van der Waals surface area contributed by atoms with Crippen LogP contribution < -0.4 is 5.32 Å². The number of hydrogen-bond donors (Lipinski definition) is 1. The van der Waals surface area contributed by atoms with E-state index < -0.39 is 5.82 Å². The maximum absolute atomic E-state index is 13.9. The molecule has 1 aliphatic carbocycles. The number of benzene rings is 1. The van der Waals surface area contributed by atoms with Crippen LogP contribution in [0.5, 0.6) is 0 Å². The molecule has 0 saturated heterocycles. The number of nitrogens with zero attached hydrogens (tertiary/aromatic N) is 4. The van der Waals surface area contributed by atoms with E-state index in [9.17, 15) is 9.18 Å². The van der Waals surface area contributed by atoms with Gasteiger partial charge in [-0.1, -0.05) is 27.7 Å². The van der Waals surface area contributed by atoms with Crippen molar-refractivity contribution in [3.8, 4) is 11.4 Å². The van der Waals surface area contributed by atoms with Crippen LogP contribution in [-0.2, 0) is 4.79 Å². The summed E-state index contributed by atoms with van der Waals surface area (Å²) in [6.45, 7) is 0. The van der Waals surface area contributed by atoms with Crippen molar-refractivity contribution in [2.75, 3.05) is 11.1 Å². The smallest absolute Gasteiger partial charge is 0.234 e. The summed E-state index contributed by atoms with van der Waals surface area (Å²) in [5, 5.41) is 11.8. The summed E-state index contributed by atoms with van der Waals surface area (Å²) in [5.41, 5.74) is 1.10. The number of aromatic nitrogens is 4. The Bertz CT molecular complexity index is 977. The lowest BCUT2D eigenvalue weighted by Gasteiger charge is -2.09. The molecule has 0 unspecified atom stereocenters. The Hall–Kier alpha value is -2.26. The molecule has 9 heteroatoms. The van der Waals surface area contributed by atoms with E-state index in [0.717, 1.165) is 24.2 Å². The van der Waals surface area contributed by atoms with Gasteiger partial charge in [0, 0.05) is 28.5 Å². The standard InChI is InChI=1S/C18H15BrFN5OS/c19-12-1-4-15(14(20)9-12)22-16(26)10-27-18-24-23-17(25(18)13-2-3-13)11-5-7-21-8-6-11/h1,4-9,13H,2-3,10H2,(H,22,26). The summed E-state index contributed by atoms with van der Waals surface area (Å²) in [6, 6.07) is 8.65. The Balaban J connectivity index is 1.47. The number of carbonyl (C=O) groups is 1. The summed E-state index contributed by atoms with van der Waals surface area (Å²) in [5.74, 6) is 0.124. The summed E-state index contributed by atoms with van der Waals surface area (Å²) in [6.07, 6.45) is 5.57. The van der Waals surface area contributed by atoms with Crippen molar-refractivity contribution < 1.29 is 9.18 Å². The largest absolute Gasteiger partial charge is 0.323 e. The predicted molar refractivity (Wildman–Crippen MR) is 105 cm³/mol. The van der Waals surface area contributed by atoms with Crippen molar-refractivity contribution in [3.05, 3.63) is 53.0 Å². The zero-order chi connectivity index (χ0) is 18.8. The highest BCUT2D eigenvalue weighted by atomic mass is 79.9. The molecule has 2 aromatic heterocycles. The van der Waals surface area contributed by atoms with Crippen molar-refractivity contribution in [2.24, 2.45) is 0 Å². The van der Waals surface area contributed by atoms with Gasteiger partial charge in [-0.05, 0) is 43.2 Å². The first kappa shape index (κ1) is 18.1. The molecule has 0 spiro atoms. The first-order valence-corrected chi connectivity index (χ1v) is 10.1. The second kappa shape index (κ2) is 7.77. The van der Waals surface area contributed by atoms with Crippen molar-refractivity contribution in [1.29, 1.82) is 0 Å². The summed E-state index contributed by atoms with van der Waals surface area (Å²) in [7, 11) is 0. The van der Waals surface area contributed by atoms with Gasteiger partial charge in [-0.3, -0.25) is 14.3 Å². The van der Waals surface area contributed by atoms with Crippen molar-refractivity contribution >= 4 is 39.3 Å². The zero-order valence-corrected chi connectivity index (χ0v) is 16.5. The number of halogens is 2. The summed E-state index contributed by atoms with van der Waals surface area (Å²) in [4.78, 5) is 16.3. The fourth-order valence-corrected chi connectivity index (χ4v) is 3.78. The van der Waals surface area contributed by atoms with Crippen LogP contribution in [-0.4, -0.2) is 31.4 Å². The monoisotopic (exact) mass is 447 g/mol. The van der Waals surface area contributed by atoms with Gasteiger partial charge < -0.3 is 5.32 Å². The van der Waals surface area contributed by atoms with Gasteiger partial charge in [0.05, 0.1) is 11.4 Å². The van der Waals surface area contributed by atoms with Gasteiger partial charge in [0.25, 0.3) is 0 Å². The molecule has 0 aliphatic heterocycles. The zero-order valence-electron chi connectivity index (χ0n) is 14.1. The Morgan fingerprint density at radius 2 is 2.04 bits per heavy atom. The van der Waals surface area contributed by atoms with E-state index in [1.54, 1.807) is 18.5 Å². The normalized spacial score (nSPS) is 13.6. The highest BCUT2D eigenvalue weighted by Crippen LogP contribution is 2.41. The average Bonchev–Trinajstić information content (AvgIpc) is 3.42. The molecule has 0 radical (unpaired) electrons. The van der Waals surface area contributed by atoms with E-state index in [4.69, 9.17) is 0 Å². The molecule has 1 aromatic carbocycles. The molecule has 1 aliphatic rings. The third-order valence-electron chi connectivity index (χ3n) is 4.05. The molecule has 6 nitrogen and oxygen atoms in total. The van der Waals surface area contributed by atoms with Gasteiger partial charge in [0.2, 0.25) is 5.91 Å². The van der Waals surface area contributed by atoms with E-state index in [1.807, 2.05) is 12.1 Å². The van der Waals surface area contributed by atoms with Crippen molar-refractivity contribution in [3.63, 3.8) is 0 Å². The van der Waals surface area contributed by atoms with Gasteiger partial charge in [-0.25, -0.2) is 4.39 Å². The van der Waals surface area contributed by atoms with E-state index >= 15 is 0 Å². The van der Waals surface area contributed by atoms with Crippen LogP contribution in [0.1, 0.15) is 18.9 Å². The Morgan fingerprint density at radius 1 is 1.26 bits per heavy atom. The van der Waals surface area contributed by atoms with E-state index in [-0.39, 0.29) is 17.3 Å². The quantitative estimate of drug-likeness (QED) is 0.570. The van der Waals surface area contributed by atoms with Crippen LogP contribution in [0.4, 0.5) is 10.1 Å². The number of nitrogens with one attached hydrogen (secondary N) is 1. The van der Waals surface area contributed by atoms with Crippen LogP contribution in [0.3, 0.4) is 0 Å². The topological polar surface area (TPSA) is 72.7 Å². The number of hydrogen-bond acceptors (Lipinski definition) is 5. The number of amides is 1. The van der Waals surface area contributed by atoms with Crippen LogP contribution in [0, 0.1) is 5.82 Å². The maximum Gasteiger partial charge on any atom is 0.234 e. The highest BCUT2D eigenvalue weighted by molar-refractivity contribution is 9.10. The Morgan fingerprint density at radius 3 is 2.74 bits per heavy atom. The minimum absolute atomic E-state index is 0.122. The summed E-state index contributed by atoms with van der Waals surface area (Å²) < 4.78 is 16.6. The molecule has 2 heterocycles. The van der Waals surface area contributed by atoms with Crippen molar-refractivity contribution in [1.82, 2.24) is 19.7 Å². The van der Waals surface area contributed by atoms with Gasteiger partial charge in [-0.15, -0.1) is 10.2 Å². The van der Waals surface area contributed by atoms with Crippen LogP contribution in [0.25, 0.3) is 11.4 Å². The third kappa shape index (κ3) is 4.19. The molecule has 27 heavy (non-hydrogen) atoms. The first-order chi connectivity index (χ1) is 13.1. The number of rotatable bonds is 6. The minimum Gasteiger partial charge on any atom is -0.323 e. The molecular weight excluding hydrogens is 433 g/mol. The number of carbonyl (C=O) groups excluding carboxylic acids is 1. The van der Waals surface area contributed by atoms with E-state index in [1.165, 1.54) is 23.9 Å². The molecule has 1 fully saturated rings. The molecule has 1 N–H and O–H groups in total. The number of pyridine rings is 1. The second-order valence-electron chi connectivity index (χ2n) is 6.10. The molecule has 138 valence electrons. The van der Waals surface area contributed by atoms with Crippen LogP contribution in [0.2, 0.25) is 0 Å². The average molecular weight is 448 g/mol. The minimum atomic E-state index is -0.483. The van der Waals surface area contributed by atoms with Gasteiger partial charge in [-0.2, -0.15) is 0 Å². The third-order valence-corrected chi connectivity index (χ3v) is 5.49. The second-order valence-corrected chi connectivity index (χ2v) is 7.96. The molecular formula is C18H15BrFN5OS. The molecule has 1 amide bonds. The Kier molecular flexibility index (Phi) is 5.22. The summed E-state index contributed by atoms with van der Waals surface area (Å²) >= 11 is 4.49. The van der Waals surface area contributed by atoms with Crippen LogP contribution in [0.15, 0.2) is 52.4 Å². The fourth-order valence-electron chi connectivity index (χ4n) is 2.64. The highest BCUT2D eigenvalue weighted by Gasteiger charge is 2.30. The van der Waals surface area contributed by atoms with Crippen LogP contribution >= 0.6 is 27.7 Å². The van der Waals surface area contributed by atoms with Gasteiger partial charge in [0.15, 0.2) is 11.0 Å².